The zero-order valence-corrected chi connectivity index (χ0v) is 13.4. The van der Waals surface area contributed by atoms with Crippen molar-refractivity contribution in [3.8, 4) is 0 Å². The van der Waals surface area contributed by atoms with Gasteiger partial charge in [-0.25, -0.2) is 13.2 Å². The van der Waals surface area contributed by atoms with E-state index in [1.54, 1.807) is 37.4 Å². The molecule has 0 radical (unpaired) electrons. The van der Waals surface area contributed by atoms with Gasteiger partial charge in [-0.1, -0.05) is 18.2 Å². The second-order valence-electron chi connectivity index (χ2n) is 5.42. The van der Waals surface area contributed by atoms with E-state index in [1.165, 1.54) is 11.0 Å². The minimum atomic E-state index is -3.91. The minimum Gasteiger partial charge on any atom is -0.295 e. The molecule has 0 aromatic heterocycles. The molecule has 2 amide bonds. The van der Waals surface area contributed by atoms with E-state index in [1.807, 2.05) is 19.9 Å². The summed E-state index contributed by atoms with van der Waals surface area (Å²) in [5.74, 6) is 0. The van der Waals surface area contributed by atoms with Crippen molar-refractivity contribution >= 4 is 27.4 Å². The summed E-state index contributed by atoms with van der Waals surface area (Å²) in [6.07, 6.45) is 0. The van der Waals surface area contributed by atoms with Gasteiger partial charge < -0.3 is 0 Å². The number of amides is 2. The van der Waals surface area contributed by atoms with Crippen LogP contribution in [0.15, 0.2) is 47.4 Å². The first-order valence-electron chi connectivity index (χ1n) is 6.83. The molecular weight excluding hydrogens is 300 g/mol. The van der Waals surface area contributed by atoms with Crippen LogP contribution in [0.25, 0.3) is 0 Å². The third-order valence-electron chi connectivity index (χ3n) is 3.65. The molecule has 114 valence electrons. The molecule has 0 N–H and O–H groups in total. The Kier molecular flexibility index (Phi) is 3.21. The molecule has 0 aliphatic carbocycles. The number of fused-ring (bicyclic) bond motifs is 1. The number of hydrogen-bond donors (Lipinski definition) is 0. The maximum Gasteiger partial charge on any atom is 0.342 e. The van der Waals surface area contributed by atoms with E-state index in [0.717, 1.165) is 15.4 Å². The summed E-state index contributed by atoms with van der Waals surface area (Å²) in [7, 11) is -2.33. The number of anilines is 2. The summed E-state index contributed by atoms with van der Waals surface area (Å²) in [4.78, 5) is 14.1. The van der Waals surface area contributed by atoms with Crippen LogP contribution in [-0.2, 0) is 10.0 Å². The second kappa shape index (κ2) is 4.84. The van der Waals surface area contributed by atoms with Crippen LogP contribution in [0.3, 0.4) is 0 Å². The van der Waals surface area contributed by atoms with E-state index in [-0.39, 0.29) is 4.90 Å². The zero-order chi connectivity index (χ0) is 16.1. The molecular formula is C16H16N2O3S. The van der Waals surface area contributed by atoms with Crippen molar-refractivity contribution in [1.29, 1.82) is 0 Å². The number of rotatable bonds is 1. The van der Waals surface area contributed by atoms with Crippen LogP contribution in [0.1, 0.15) is 11.1 Å². The quantitative estimate of drug-likeness (QED) is 0.812. The highest BCUT2D eigenvalue weighted by Gasteiger charge is 2.40. The van der Waals surface area contributed by atoms with Crippen LogP contribution < -0.4 is 9.21 Å². The second-order valence-corrected chi connectivity index (χ2v) is 7.18. The van der Waals surface area contributed by atoms with Crippen molar-refractivity contribution in [2.24, 2.45) is 0 Å². The lowest BCUT2D eigenvalue weighted by Crippen LogP contribution is -2.49. The monoisotopic (exact) mass is 316 g/mol. The molecule has 5 nitrogen and oxygen atoms in total. The largest absolute Gasteiger partial charge is 0.342 e. The summed E-state index contributed by atoms with van der Waals surface area (Å²) in [5, 5.41) is 0. The van der Waals surface area contributed by atoms with Crippen LogP contribution in [0.4, 0.5) is 16.2 Å². The molecule has 1 heterocycles. The molecule has 0 unspecified atom stereocenters. The lowest BCUT2D eigenvalue weighted by molar-refractivity contribution is 0.255. The predicted molar refractivity (Wildman–Crippen MR) is 85.8 cm³/mol. The molecule has 1 aliphatic rings. The fourth-order valence-electron chi connectivity index (χ4n) is 2.71. The van der Waals surface area contributed by atoms with Gasteiger partial charge in [-0.05, 0) is 49.2 Å². The highest BCUT2D eigenvalue weighted by atomic mass is 32.2. The van der Waals surface area contributed by atoms with E-state index in [9.17, 15) is 13.2 Å². The van der Waals surface area contributed by atoms with Crippen LogP contribution >= 0.6 is 0 Å². The predicted octanol–water partition coefficient (Wildman–Crippen LogP) is 3.07. The first-order valence-corrected chi connectivity index (χ1v) is 8.27. The summed E-state index contributed by atoms with van der Waals surface area (Å²) in [6, 6.07) is 11.3. The molecule has 0 spiro atoms. The normalized spacial score (nSPS) is 16.6. The molecule has 2 aromatic rings. The number of urea groups is 1. The smallest absolute Gasteiger partial charge is 0.295 e. The van der Waals surface area contributed by atoms with E-state index < -0.39 is 16.1 Å². The van der Waals surface area contributed by atoms with Gasteiger partial charge in [0, 0.05) is 7.05 Å². The number of sulfonamides is 1. The first kappa shape index (κ1) is 14.6. The Morgan fingerprint density at radius 2 is 1.55 bits per heavy atom. The lowest BCUT2D eigenvalue weighted by atomic mass is 10.1. The van der Waals surface area contributed by atoms with Crippen molar-refractivity contribution in [3.63, 3.8) is 0 Å². The topological polar surface area (TPSA) is 57.7 Å². The fraction of sp³-hybridized carbons (Fsp3) is 0.188. The summed E-state index contributed by atoms with van der Waals surface area (Å²) in [6.45, 7) is 3.74. The Labute approximate surface area is 129 Å². The van der Waals surface area contributed by atoms with Gasteiger partial charge in [0.1, 0.15) is 4.90 Å². The third-order valence-corrected chi connectivity index (χ3v) is 5.40. The maximum absolute atomic E-state index is 12.9. The van der Waals surface area contributed by atoms with Gasteiger partial charge in [0.2, 0.25) is 0 Å². The Bertz CT molecular complexity index is 854. The zero-order valence-electron chi connectivity index (χ0n) is 12.6. The molecule has 0 saturated heterocycles. The van der Waals surface area contributed by atoms with Gasteiger partial charge in [-0.2, -0.15) is 4.31 Å². The van der Waals surface area contributed by atoms with Gasteiger partial charge in [0.15, 0.2) is 0 Å². The first-order chi connectivity index (χ1) is 10.3. The molecule has 6 heteroatoms. The number of carbonyl (C=O) groups is 1. The van der Waals surface area contributed by atoms with Crippen LogP contribution in [0, 0.1) is 13.8 Å². The van der Waals surface area contributed by atoms with Gasteiger partial charge in [0.05, 0.1) is 11.4 Å². The summed E-state index contributed by atoms with van der Waals surface area (Å²) < 4.78 is 26.6. The van der Waals surface area contributed by atoms with Crippen LogP contribution in [-0.4, -0.2) is 21.5 Å². The number of para-hydroxylation sites is 1. The van der Waals surface area contributed by atoms with Crippen molar-refractivity contribution in [3.05, 3.63) is 53.6 Å². The molecule has 3 rings (SSSR count). The van der Waals surface area contributed by atoms with Gasteiger partial charge in [0.25, 0.3) is 10.0 Å². The number of nitrogens with zero attached hydrogens (tertiary/aromatic N) is 2. The fourth-order valence-corrected chi connectivity index (χ4v) is 4.34. The van der Waals surface area contributed by atoms with E-state index >= 15 is 0 Å². The lowest BCUT2D eigenvalue weighted by Gasteiger charge is -2.34. The van der Waals surface area contributed by atoms with E-state index in [0.29, 0.717) is 11.4 Å². The maximum atomic E-state index is 12.9. The van der Waals surface area contributed by atoms with Gasteiger partial charge >= 0.3 is 6.03 Å². The summed E-state index contributed by atoms with van der Waals surface area (Å²) >= 11 is 0. The van der Waals surface area contributed by atoms with Crippen molar-refractivity contribution < 1.29 is 13.2 Å². The van der Waals surface area contributed by atoms with Crippen molar-refractivity contribution in [1.82, 2.24) is 0 Å². The number of hydrogen-bond acceptors (Lipinski definition) is 3. The van der Waals surface area contributed by atoms with Crippen molar-refractivity contribution in [2.45, 2.75) is 18.7 Å². The Balaban J connectivity index is 2.27. The molecule has 0 atom stereocenters. The molecule has 1 aliphatic heterocycles. The minimum absolute atomic E-state index is 0.135. The SMILES string of the molecule is Cc1cc(C)cc(N2C(=O)N(C)c3ccccc3S2(=O)=O)c1. The molecule has 0 fully saturated rings. The van der Waals surface area contributed by atoms with E-state index in [2.05, 4.69) is 0 Å². The summed E-state index contributed by atoms with van der Waals surface area (Å²) in [5.41, 5.74) is 2.57. The average molecular weight is 316 g/mol. The Morgan fingerprint density at radius 1 is 0.955 bits per heavy atom. The van der Waals surface area contributed by atoms with Gasteiger partial charge in [-0.3, -0.25) is 4.90 Å². The molecule has 0 saturated carbocycles. The molecule has 0 bridgehead atoms. The number of aryl methyl sites for hydroxylation is 2. The Morgan fingerprint density at radius 3 is 2.18 bits per heavy atom. The average Bonchev–Trinajstić information content (AvgIpc) is 2.44. The van der Waals surface area contributed by atoms with Crippen LogP contribution in [0.5, 0.6) is 0 Å². The van der Waals surface area contributed by atoms with Gasteiger partial charge in [-0.15, -0.1) is 0 Å². The Hall–Kier alpha value is -2.34. The highest BCUT2D eigenvalue weighted by Crippen LogP contribution is 2.36. The highest BCUT2D eigenvalue weighted by molar-refractivity contribution is 7.94. The molecule has 22 heavy (non-hydrogen) atoms. The number of benzene rings is 2. The molecule has 2 aromatic carbocycles. The van der Waals surface area contributed by atoms with E-state index in [4.69, 9.17) is 0 Å². The van der Waals surface area contributed by atoms with Crippen LogP contribution in [0.2, 0.25) is 0 Å². The third kappa shape index (κ3) is 2.07. The standard InChI is InChI=1S/C16H16N2O3S/c1-11-8-12(2)10-13(9-11)18-16(19)17(3)14-6-4-5-7-15(14)22(18,20)21/h4-10H,1-3H3. The number of carbonyl (C=O) groups excluding carboxylic acids is 1. The van der Waals surface area contributed by atoms with Crippen molar-refractivity contribution in [2.75, 3.05) is 16.3 Å².